The van der Waals surface area contributed by atoms with Gasteiger partial charge in [-0.1, -0.05) is 23.7 Å². The van der Waals surface area contributed by atoms with Crippen LogP contribution in [0.1, 0.15) is 43.6 Å². The molecule has 0 saturated heterocycles. The van der Waals surface area contributed by atoms with Gasteiger partial charge in [0, 0.05) is 49.2 Å². The molecule has 3 heterocycles. The summed E-state index contributed by atoms with van der Waals surface area (Å²) in [5, 5.41) is 10.4. The Morgan fingerprint density at radius 2 is 1.97 bits per heavy atom. The second-order valence-corrected chi connectivity index (χ2v) is 8.91. The number of aromatic amines is 1. The van der Waals surface area contributed by atoms with Gasteiger partial charge in [-0.2, -0.15) is 0 Å². The summed E-state index contributed by atoms with van der Waals surface area (Å²) in [5.74, 6) is 0. The number of halogens is 1. The molecule has 0 spiro atoms. The standard InChI is InChI=1S/C24H31ClN6O/c1-6-18-23(25)22-19(27-18)11-16(13-21(22)30(4)9-10-32-5)7-8-17-12-20-24(26-14-17)31(15(2)3)29-28-20/h11-15,27H,6-10H2,1-5H3. The lowest BCUT2D eigenvalue weighted by molar-refractivity contribution is 0.206. The van der Waals surface area contributed by atoms with Gasteiger partial charge in [0.15, 0.2) is 5.65 Å². The van der Waals surface area contributed by atoms with E-state index in [1.54, 1.807) is 7.11 Å². The van der Waals surface area contributed by atoms with Crippen LogP contribution < -0.4 is 4.90 Å². The molecular weight excluding hydrogens is 424 g/mol. The molecule has 0 aliphatic heterocycles. The van der Waals surface area contributed by atoms with E-state index in [9.17, 15) is 0 Å². The number of nitrogens with one attached hydrogen (secondary N) is 1. The zero-order chi connectivity index (χ0) is 22.8. The van der Waals surface area contributed by atoms with E-state index in [1.807, 2.05) is 10.9 Å². The number of anilines is 1. The fourth-order valence-electron chi connectivity index (χ4n) is 4.07. The van der Waals surface area contributed by atoms with E-state index in [0.717, 1.165) is 69.8 Å². The molecule has 0 bridgehead atoms. The maximum atomic E-state index is 6.73. The van der Waals surface area contributed by atoms with Gasteiger partial charge in [0.1, 0.15) is 5.52 Å². The molecule has 4 aromatic rings. The van der Waals surface area contributed by atoms with Crippen molar-refractivity contribution in [2.75, 3.05) is 32.2 Å². The van der Waals surface area contributed by atoms with Crippen LogP contribution in [0.3, 0.4) is 0 Å². The molecule has 0 fully saturated rings. The van der Waals surface area contributed by atoms with E-state index < -0.39 is 0 Å². The Morgan fingerprint density at radius 1 is 1.19 bits per heavy atom. The number of H-pyrrole nitrogens is 1. The predicted molar refractivity (Wildman–Crippen MR) is 131 cm³/mol. The molecule has 7 nitrogen and oxygen atoms in total. The molecule has 0 amide bonds. The van der Waals surface area contributed by atoms with Crippen LogP contribution >= 0.6 is 11.6 Å². The highest BCUT2D eigenvalue weighted by Gasteiger charge is 2.17. The number of rotatable bonds is 9. The van der Waals surface area contributed by atoms with E-state index in [0.29, 0.717) is 6.61 Å². The molecule has 1 aromatic carbocycles. The summed E-state index contributed by atoms with van der Waals surface area (Å²) in [4.78, 5) is 10.4. The van der Waals surface area contributed by atoms with Crippen molar-refractivity contribution >= 4 is 39.4 Å². The summed E-state index contributed by atoms with van der Waals surface area (Å²) < 4.78 is 7.14. The zero-order valence-electron chi connectivity index (χ0n) is 19.4. The first-order valence-electron chi connectivity index (χ1n) is 11.2. The summed E-state index contributed by atoms with van der Waals surface area (Å²) in [6.45, 7) is 7.73. The Labute approximate surface area is 193 Å². The maximum absolute atomic E-state index is 6.73. The lowest BCUT2D eigenvalue weighted by atomic mass is 10.0. The van der Waals surface area contributed by atoms with E-state index in [-0.39, 0.29) is 6.04 Å². The average Bonchev–Trinajstić information content (AvgIpc) is 3.36. The normalized spacial score (nSPS) is 11.8. The van der Waals surface area contributed by atoms with Crippen LogP contribution in [-0.2, 0) is 24.0 Å². The number of fused-ring (bicyclic) bond motifs is 2. The minimum absolute atomic E-state index is 0.235. The molecule has 32 heavy (non-hydrogen) atoms. The largest absolute Gasteiger partial charge is 0.383 e. The summed E-state index contributed by atoms with van der Waals surface area (Å²) in [6.07, 6.45) is 4.58. The second-order valence-electron chi connectivity index (χ2n) is 8.54. The van der Waals surface area contributed by atoms with Gasteiger partial charge in [0.25, 0.3) is 0 Å². The number of methoxy groups -OCH3 is 1. The molecule has 0 aliphatic carbocycles. The number of likely N-dealkylation sites (N-methyl/N-ethyl adjacent to an activating group) is 1. The van der Waals surface area contributed by atoms with Crippen LogP contribution in [0.25, 0.3) is 22.1 Å². The van der Waals surface area contributed by atoms with Crippen molar-refractivity contribution in [1.29, 1.82) is 0 Å². The third-order valence-electron chi connectivity index (χ3n) is 5.90. The van der Waals surface area contributed by atoms with Gasteiger partial charge in [-0.25, -0.2) is 9.67 Å². The topological polar surface area (TPSA) is 71.9 Å². The van der Waals surface area contributed by atoms with Gasteiger partial charge in [-0.05, 0) is 62.4 Å². The molecule has 0 radical (unpaired) electrons. The first-order chi connectivity index (χ1) is 15.4. The SMILES string of the molecule is CCc1[nH]c2cc(CCc3cnc4c(c3)nnn4C(C)C)cc(N(C)CCOC)c2c1Cl. The molecule has 0 atom stereocenters. The first kappa shape index (κ1) is 22.6. The molecule has 8 heteroatoms. The summed E-state index contributed by atoms with van der Waals surface area (Å²) in [6, 6.07) is 6.80. The van der Waals surface area contributed by atoms with Crippen molar-refractivity contribution in [2.24, 2.45) is 0 Å². The monoisotopic (exact) mass is 454 g/mol. The molecule has 0 aliphatic rings. The van der Waals surface area contributed by atoms with Crippen LogP contribution in [-0.4, -0.2) is 52.3 Å². The fraction of sp³-hybridized carbons (Fsp3) is 0.458. The summed E-state index contributed by atoms with van der Waals surface area (Å²) >= 11 is 6.73. The van der Waals surface area contributed by atoms with Crippen LogP contribution in [0.5, 0.6) is 0 Å². The van der Waals surface area contributed by atoms with Crippen molar-refractivity contribution in [3.63, 3.8) is 0 Å². The zero-order valence-corrected chi connectivity index (χ0v) is 20.2. The average molecular weight is 455 g/mol. The molecule has 4 rings (SSSR count). The number of benzene rings is 1. The third kappa shape index (κ3) is 4.32. The smallest absolute Gasteiger partial charge is 0.178 e. The summed E-state index contributed by atoms with van der Waals surface area (Å²) in [5.41, 5.74) is 7.37. The van der Waals surface area contributed by atoms with Crippen molar-refractivity contribution in [1.82, 2.24) is 25.0 Å². The van der Waals surface area contributed by atoms with E-state index in [2.05, 4.69) is 71.2 Å². The number of hydrogen-bond acceptors (Lipinski definition) is 5. The molecule has 3 aromatic heterocycles. The van der Waals surface area contributed by atoms with E-state index >= 15 is 0 Å². The minimum Gasteiger partial charge on any atom is -0.383 e. The van der Waals surface area contributed by atoms with Crippen molar-refractivity contribution in [2.45, 2.75) is 46.1 Å². The lowest BCUT2D eigenvalue weighted by Gasteiger charge is -2.21. The quantitative estimate of drug-likeness (QED) is 0.386. The Balaban J connectivity index is 1.63. The predicted octanol–water partition coefficient (Wildman–Crippen LogP) is 4.97. The van der Waals surface area contributed by atoms with Gasteiger partial charge < -0.3 is 14.6 Å². The van der Waals surface area contributed by atoms with Gasteiger partial charge in [0.2, 0.25) is 0 Å². The van der Waals surface area contributed by atoms with E-state index in [4.69, 9.17) is 16.3 Å². The first-order valence-corrected chi connectivity index (χ1v) is 11.5. The maximum Gasteiger partial charge on any atom is 0.178 e. The van der Waals surface area contributed by atoms with Crippen LogP contribution in [0.2, 0.25) is 5.02 Å². The molecule has 0 saturated carbocycles. The molecule has 1 N–H and O–H groups in total. The van der Waals surface area contributed by atoms with Gasteiger partial charge in [0.05, 0.1) is 17.7 Å². The highest BCUT2D eigenvalue weighted by Crippen LogP contribution is 2.36. The minimum atomic E-state index is 0.235. The summed E-state index contributed by atoms with van der Waals surface area (Å²) in [7, 11) is 3.81. The third-order valence-corrected chi connectivity index (χ3v) is 6.32. The number of aryl methyl sites for hydroxylation is 3. The highest BCUT2D eigenvalue weighted by molar-refractivity contribution is 6.37. The Morgan fingerprint density at radius 3 is 2.69 bits per heavy atom. The van der Waals surface area contributed by atoms with Crippen LogP contribution in [0.4, 0.5) is 5.69 Å². The van der Waals surface area contributed by atoms with Crippen LogP contribution in [0, 0.1) is 0 Å². The Hall–Kier alpha value is -2.64. The van der Waals surface area contributed by atoms with Crippen molar-refractivity contribution in [3.05, 3.63) is 46.2 Å². The van der Waals surface area contributed by atoms with Crippen LogP contribution in [0.15, 0.2) is 24.4 Å². The molecule has 170 valence electrons. The fourth-order valence-corrected chi connectivity index (χ4v) is 4.45. The Bertz CT molecular complexity index is 1230. The number of hydrogen-bond donors (Lipinski definition) is 1. The molecular formula is C24H31ClN6O. The number of ether oxygens (including phenoxy) is 1. The van der Waals surface area contributed by atoms with Gasteiger partial charge in [-0.15, -0.1) is 5.10 Å². The number of nitrogens with zero attached hydrogens (tertiary/aromatic N) is 5. The number of pyridine rings is 1. The van der Waals surface area contributed by atoms with E-state index in [1.165, 1.54) is 5.56 Å². The number of aromatic nitrogens is 5. The van der Waals surface area contributed by atoms with Crippen molar-refractivity contribution in [3.8, 4) is 0 Å². The Kier molecular flexibility index (Phi) is 6.67. The van der Waals surface area contributed by atoms with Crippen molar-refractivity contribution < 1.29 is 4.74 Å². The van der Waals surface area contributed by atoms with Gasteiger partial charge >= 0.3 is 0 Å². The van der Waals surface area contributed by atoms with Gasteiger partial charge in [-0.3, -0.25) is 0 Å². The highest BCUT2D eigenvalue weighted by atomic mass is 35.5. The second kappa shape index (κ2) is 9.46. The molecule has 0 unspecified atom stereocenters. The lowest BCUT2D eigenvalue weighted by Crippen LogP contribution is -2.22.